The zero-order chi connectivity index (χ0) is 15.5. The minimum atomic E-state index is -0.371. The second-order valence-corrected chi connectivity index (χ2v) is 5.76. The van der Waals surface area contributed by atoms with Gasteiger partial charge in [-0.1, -0.05) is 37.3 Å². The smallest absolute Gasteiger partial charge is 0.287 e. The van der Waals surface area contributed by atoms with Gasteiger partial charge in [-0.25, -0.2) is 0 Å². The fourth-order valence-corrected chi connectivity index (χ4v) is 3.09. The van der Waals surface area contributed by atoms with Crippen molar-refractivity contribution in [2.45, 2.75) is 32.4 Å². The number of benzene rings is 1. The zero-order valence-corrected chi connectivity index (χ0v) is 12.6. The van der Waals surface area contributed by atoms with E-state index in [4.69, 9.17) is 0 Å². The Balaban J connectivity index is 1.86. The summed E-state index contributed by atoms with van der Waals surface area (Å²) in [4.78, 5) is 17.3. The molecule has 1 aromatic heterocycles. The van der Waals surface area contributed by atoms with Crippen LogP contribution in [0.15, 0.2) is 42.6 Å². The Morgan fingerprint density at radius 1 is 1.36 bits per heavy atom. The van der Waals surface area contributed by atoms with Crippen LogP contribution in [0.5, 0.6) is 0 Å². The van der Waals surface area contributed by atoms with Crippen LogP contribution in [0.25, 0.3) is 0 Å². The Hall–Kier alpha value is -2.27. The van der Waals surface area contributed by atoms with E-state index >= 15 is 0 Å². The van der Waals surface area contributed by atoms with E-state index in [9.17, 15) is 10.1 Å². The summed E-state index contributed by atoms with van der Waals surface area (Å²) in [7, 11) is 0. The molecule has 0 fully saturated rings. The molecule has 1 atom stereocenters. The van der Waals surface area contributed by atoms with Crippen molar-refractivity contribution < 1.29 is 4.92 Å². The highest BCUT2D eigenvalue weighted by molar-refractivity contribution is 5.37. The molecule has 0 saturated carbocycles. The van der Waals surface area contributed by atoms with Crippen LogP contribution in [0, 0.1) is 10.1 Å². The monoisotopic (exact) mass is 297 g/mol. The van der Waals surface area contributed by atoms with Crippen molar-refractivity contribution in [3.05, 3.63) is 69.5 Å². The summed E-state index contributed by atoms with van der Waals surface area (Å²) >= 11 is 0. The van der Waals surface area contributed by atoms with E-state index in [-0.39, 0.29) is 10.6 Å². The maximum absolute atomic E-state index is 11.0. The molecule has 1 unspecified atom stereocenters. The fraction of sp³-hybridized carbons (Fsp3) is 0.353. The van der Waals surface area contributed by atoms with E-state index in [0.717, 1.165) is 37.3 Å². The first-order valence-corrected chi connectivity index (χ1v) is 7.57. The molecule has 0 radical (unpaired) electrons. The third-order valence-corrected chi connectivity index (χ3v) is 4.20. The Labute approximate surface area is 129 Å². The predicted octanol–water partition coefficient (Wildman–Crippen LogP) is 3.50. The number of pyridine rings is 1. The Morgan fingerprint density at radius 2 is 2.14 bits per heavy atom. The molecule has 3 rings (SSSR count). The molecule has 1 aliphatic heterocycles. The van der Waals surface area contributed by atoms with Crippen LogP contribution in [-0.4, -0.2) is 21.4 Å². The molecule has 0 saturated heterocycles. The number of hydrogen-bond donors (Lipinski definition) is 0. The molecule has 2 heterocycles. The molecular weight excluding hydrogens is 278 g/mol. The van der Waals surface area contributed by atoms with Crippen LogP contribution in [0.2, 0.25) is 0 Å². The third-order valence-electron chi connectivity index (χ3n) is 4.20. The minimum Gasteiger partial charge on any atom is -0.294 e. The molecule has 0 bridgehead atoms. The molecule has 0 amide bonds. The second kappa shape index (κ2) is 6.23. The van der Waals surface area contributed by atoms with Crippen molar-refractivity contribution in [2.75, 3.05) is 6.54 Å². The number of nitro groups is 1. The number of fused-ring (bicyclic) bond motifs is 1. The van der Waals surface area contributed by atoms with E-state index < -0.39 is 0 Å². The average molecular weight is 297 g/mol. The number of rotatable bonds is 4. The first kappa shape index (κ1) is 14.7. The van der Waals surface area contributed by atoms with Crippen molar-refractivity contribution in [3.63, 3.8) is 0 Å². The summed E-state index contributed by atoms with van der Waals surface area (Å²) in [6.07, 6.45) is 2.37. The van der Waals surface area contributed by atoms with Gasteiger partial charge in [-0.15, -0.1) is 0 Å². The number of nitrogens with zero attached hydrogens (tertiary/aromatic N) is 3. The van der Waals surface area contributed by atoms with Gasteiger partial charge in [-0.2, -0.15) is 0 Å². The van der Waals surface area contributed by atoms with Crippen LogP contribution in [0.4, 0.5) is 5.69 Å². The van der Waals surface area contributed by atoms with Gasteiger partial charge in [0.2, 0.25) is 0 Å². The summed E-state index contributed by atoms with van der Waals surface area (Å²) in [5.41, 5.74) is 3.36. The van der Waals surface area contributed by atoms with E-state index in [1.54, 1.807) is 6.07 Å². The van der Waals surface area contributed by atoms with Gasteiger partial charge in [0.05, 0.1) is 4.92 Å². The van der Waals surface area contributed by atoms with Gasteiger partial charge >= 0.3 is 0 Å². The van der Waals surface area contributed by atoms with Crippen molar-refractivity contribution in [1.29, 1.82) is 0 Å². The van der Waals surface area contributed by atoms with Gasteiger partial charge in [0.15, 0.2) is 0 Å². The molecule has 5 nitrogen and oxygen atoms in total. The van der Waals surface area contributed by atoms with Crippen LogP contribution in [-0.2, 0) is 13.1 Å². The Morgan fingerprint density at radius 3 is 2.82 bits per heavy atom. The minimum absolute atomic E-state index is 0.0789. The van der Waals surface area contributed by atoms with Crippen LogP contribution < -0.4 is 0 Å². The lowest BCUT2D eigenvalue weighted by atomic mass is 9.92. The van der Waals surface area contributed by atoms with Crippen molar-refractivity contribution >= 4 is 5.69 Å². The molecule has 22 heavy (non-hydrogen) atoms. The topological polar surface area (TPSA) is 59.3 Å². The first-order valence-electron chi connectivity index (χ1n) is 7.57. The summed E-state index contributed by atoms with van der Waals surface area (Å²) in [5, 5.41) is 11.0. The maximum atomic E-state index is 11.0. The van der Waals surface area contributed by atoms with Gasteiger partial charge in [0.25, 0.3) is 5.69 Å². The normalized spacial score (nSPS) is 18.0. The van der Waals surface area contributed by atoms with Crippen molar-refractivity contribution in [1.82, 2.24) is 9.88 Å². The molecule has 0 aliphatic carbocycles. The number of aromatic nitrogens is 1. The Kier molecular flexibility index (Phi) is 4.15. The highest BCUT2D eigenvalue weighted by Gasteiger charge is 2.27. The molecule has 0 spiro atoms. The van der Waals surface area contributed by atoms with E-state index in [0.29, 0.717) is 5.92 Å². The van der Waals surface area contributed by atoms with E-state index in [1.165, 1.54) is 11.8 Å². The summed E-state index contributed by atoms with van der Waals surface area (Å²) in [6, 6.07) is 12.0. The van der Waals surface area contributed by atoms with Gasteiger partial charge in [-0.05, 0) is 17.5 Å². The Bertz CT molecular complexity index is 673. The largest absolute Gasteiger partial charge is 0.294 e. The summed E-state index contributed by atoms with van der Waals surface area (Å²) in [5.74, 6) is 0.341. The predicted molar refractivity (Wildman–Crippen MR) is 84.5 cm³/mol. The van der Waals surface area contributed by atoms with Crippen LogP contribution in [0.3, 0.4) is 0 Å². The quantitative estimate of drug-likeness (QED) is 0.640. The highest BCUT2D eigenvalue weighted by atomic mass is 16.6. The SMILES string of the molecule is CCC1CN(Cc2ccccc2)Cc2cc([N+](=O)[O-])cnc21. The summed E-state index contributed by atoms with van der Waals surface area (Å²) in [6.45, 7) is 4.67. The van der Waals surface area contributed by atoms with Crippen LogP contribution >= 0.6 is 0 Å². The molecule has 5 heteroatoms. The molecule has 1 aliphatic rings. The standard InChI is InChI=1S/C17H19N3O2/c1-2-14-11-19(10-13-6-4-3-5-7-13)12-15-8-16(20(21)22)9-18-17(14)15/h3-9,14H,2,10-12H2,1H3. The van der Waals surface area contributed by atoms with Crippen molar-refractivity contribution in [2.24, 2.45) is 0 Å². The fourth-order valence-electron chi connectivity index (χ4n) is 3.09. The molecule has 114 valence electrons. The van der Waals surface area contributed by atoms with Crippen LogP contribution in [0.1, 0.15) is 36.1 Å². The summed E-state index contributed by atoms with van der Waals surface area (Å²) < 4.78 is 0. The highest BCUT2D eigenvalue weighted by Crippen LogP contribution is 2.31. The third kappa shape index (κ3) is 2.99. The zero-order valence-electron chi connectivity index (χ0n) is 12.6. The molecule has 2 aromatic rings. The average Bonchev–Trinajstić information content (AvgIpc) is 2.54. The maximum Gasteiger partial charge on any atom is 0.287 e. The van der Waals surface area contributed by atoms with Gasteiger partial charge in [0, 0.05) is 37.3 Å². The molecule has 0 N–H and O–H groups in total. The number of hydrogen-bond acceptors (Lipinski definition) is 4. The molecule has 1 aromatic carbocycles. The molecular formula is C17H19N3O2. The van der Waals surface area contributed by atoms with Gasteiger partial charge < -0.3 is 0 Å². The van der Waals surface area contributed by atoms with Gasteiger partial charge in [0.1, 0.15) is 6.20 Å². The van der Waals surface area contributed by atoms with Crippen molar-refractivity contribution in [3.8, 4) is 0 Å². The lowest BCUT2D eigenvalue weighted by molar-refractivity contribution is -0.385. The second-order valence-electron chi connectivity index (χ2n) is 5.76. The first-order chi connectivity index (χ1) is 10.7. The lowest BCUT2D eigenvalue weighted by Gasteiger charge is -2.33. The lowest BCUT2D eigenvalue weighted by Crippen LogP contribution is -2.33. The van der Waals surface area contributed by atoms with Gasteiger partial charge in [-0.3, -0.25) is 20.0 Å². The van der Waals surface area contributed by atoms with E-state index in [1.807, 2.05) is 18.2 Å². The van der Waals surface area contributed by atoms with E-state index in [2.05, 4.69) is 28.9 Å².